The van der Waals surface area contributed by atoms with Gasteiger partial charge >= 0.3 is 5.97 Å². The van der Waals surface area contributed by atoms with Gasteiger partial charge in [-0.15, -0.1) is 0 Å². The second kappa shape index (κ2) is 8.53. The molecule has 0 fully saturated rings. The van der Waals surface area contributed by atoms with Crippen LogP contribution < -0.4 is 10.2 Å². The largest absolute Gasteiger partial charge is 0.465 e. The molecule has 1 aromatic rings. The number of hydrogen-bond donors (Lipinski definition) is 1. The van der Waals surface area contributed by atoms with E-state index in [0.717, 1.165) is 0 Å². The van der Waals surface area contributed by atoms with Crippen LogP contribution in [0.5, 0.6) is 0 Å². The molecule has 126 valence electrons. The van der Waals surface area contributed by atoms with Gasteiger partial charge in [0.25, 0.3) is 0 Å². The van der Waals surface area contributed by atoms with Crippen molar-refractivity contribution in [3.8, 4) is 0 Å². The second-order valence-corrected chi connectivity index (χ2v) is 5.71. The summed E-state index contributed by atoms with van der Waals surface area (Å²) in [5.74, 6) is -0.957. The molecule has 2 amide bonds. The molecule has 0 atom stereocenters. The number of nitrogens with one attached hydrogen (secondary N) is 1. The van der Waals surface area contributed by atoms with Crippen LogP contribution in [-0.2, 0) is 14.3 Å². The molecule has 0 aliphatic carbocycles. The number of rotatable bonds is 6. The minimum absolute atomic E-state index is 0.0273. The summed E-state index contributed by atoms with van der Waals surface area (Å²) in [6.07, 6.45) is 0.135. The third-order valence-corrected chi connectivity index (χ3v) is 3.37. The monoisotopic (exact) mass is 340 g/mol. The Kier molecular flexibility index (Phi) is 7.03. The Labute approximate surface area is 140 Å². The SMILES string of the molecule is COC(=O)c1ccc(Cl)c(N(CCC(=O)NC(C)C)C(C)=O)c1. The van der Waals surface area contributed by atoms with Crippen molar-refractivity contribution in [2.75, 3.05) is 18.6 Å². The Morgan fingerprint density at radius 3 is 2.48 bits per heavy atom. The minimum Gasteiger partial charge on any atom is -0.465 e. The molecule has 23 heavy (non-hydrogen) atoms. The first kappa shape index (κ1) is 19.0. The standard InChI is InChI=1S/C16H21ClN2O4/c1-10(2)18-15(21)7-8-19(11(3)20)14-9-12(16(22)23-4)5-6-13(14)17/h5-6,9-10H,7-8H2,1-4H3,(H,18,21). The molecular formula is C16H21ClN2O4. The number of benzene rings is 1. The van der Waals surface area contributed by atoms with Crippen LogP contribution >= 0.6 is 11.6 Å². The van der Waals surface area contributed by atoms with Crippen molar-refractivity contribution >= 4 is 35.1 Å². The van der Waals surface area contributed by atoms with Gasteiger partial charge in [0.05, 0.1) is 23.4 Å². The zero-order valence-corrected chi connectivity index (χ0v) is 14.4. The van der Waals surface area contributed by atoms with Gasteiger partial charge in [-0.3, -0.25) is 9.59 Å². The van der Waals surface area contributed by atoms with Gasteiger partial charge < -0.3 is 15.0 Å². The normalized spacial score (nSPS) is 10.3. The molecule has 0 aromatic heterocycles. The number of esters is 1. The molecule has 6 nitrogen and oxygen atoms in total. The Morgan fingerprint density at radius 1 is 1.30 bits per heavy atom. The van der Waals surface area contributed by atoms with Crippen LogP contribution in [0.25, 0.3) is 0 Å². The molecule has 1 N–H and O–H groups in total. The Hall–Kier alpha value is -2.08. The quantitative estimate of drug-likeness (QED) is 0.807. The van der Waals surface area contributed by atoms with Crippen LogP contribution in [0.1, 0.15) is 37.6 Å². The van der Waals surface area contributed by atoms with Crippen molar-refractivity contribution in [1.29, 1.82) is 0 Å². The third-order valence-electron chi connectivity index (χ3n) is 3.05. The van der Waals surface area contributed by atoms with Gasteiger partial charge in [-0.1, -0.05) is 11.6 Å². The van der Waals surface area contributed by atoms with E-state index in [0.29, 0.717) is 10.7 Å². The molecule has 0 unspecified atom stereocenters. The maximum Gasteiger partial charge on any atom is 0.337 e. The fourth-order valence-corrected chi connectivity index (χ4v) is 2.24. The Bertz CT molecular complexity index is 602. The number of carbonyl (C=O) groups is 3. The highest BCUT2D eigenvalue weighted by Gasteiger charge is 2.18. The van der Waals surface area contributed by atoms with Gasteiger partial charge in [-0.05, 0) is 32.0 Å². The van der Waals surface area contributed by atoms with E-state index in [1.54, 1.807) is 0 Å². The van der Waals surface area contributed by atoms with Gasteiger partial charge in [0.15, 0.2) is 0 Å². The van der Waals surface area contributed by atoms with Gasteiger partial charge in [0.2, 0.25) is 11.8 Å². The predicted octanol–water partition coefficient (Wildman–Crippen LogP) is 2.39. The fourth-order valence-electron chi connectivity index (χ4n) is 2.02. The van der Waals surface area contributed by atoms with Crippen LogP contribution in [0, 0.1) is 0 Å². The number of methoxy groups -OCH3 is 1. The van der Waals surface area contributed by atoms with E-state index >= 15 is 0 Å². The lowest BCUT2D eigenvalue weighted by molar-refractivity contribution is -0.121. The molecule has 1 aromatic carbocycles. The molecule has 0 bridgehead atoms. The molecule has 0 aliphatic heterocycles. The van der Waals surface area contributed by atoms with Crippen molar-refractivity contribution in [2.45, 2.75) is 33.2 Å². The Balaban J connectivity index is 2.99. The summed E-state index contributed by atoms with van der Waals surface area (Å²) < 4.78 is 4.66. The first-order valence-electron chi connectivity index (χ1n) is 7.21. The summed E-state index contributed by atoms with van der Waals surface area (Å²) in [5.41, 5.74) is 0.657. The summed E-state index contributed by atoms with van der Waals surface area (Å²) in [7, 11) is 1.27. The smallest absolute Gasteiger partial charge is 0.337 e. The second-order valence-electron chi connectivity index (χ2n) is 5.30. The third kappa shape index (κ3) is 5.56. The van der Waals surface area contributed by atoms with Crippen molar-refractivity contribution in [2.24, 2.45) is 0 Å². The summed E-state index contributed by atoms with van der Waals surface area (Å²) in [4.78, 5) is 36.7. The van der Waals surface area contributed by atoms with E-state index in [4.69, 9.17) is 11.6 Å². The molecule has 0 heterocycles. The highest BCUT2D eigenvalue weighted by Crippen LogP contribution is 2.27. The van der Waals surface area contributed by atoms with Gasteiger partial charge in [0.1, 0.15) is 0 Å². The highest BCUT2D eigenvalue weighted by atomic mass is 35.5. The van der Waals surface area contributed by atoms with E-state index in [2.05, 4.69) is 10.1 Å². The molecule has 1 rings (SSSR count). The minimum atomic E-state index is -0.524. The number of ether oxygens (including phenoxy) is 1. The van der Waals surface area contributed by atoms with Crippen LogP contribution in [0.4, 0.5) is 5.69 Å². The molecule has 0 saturated heterocycles. The average Bonchev–Trinajstić information content (AvgIpc) is 2.47. The summed E-state index contributed by atoms with van der Waals surface area (Å²) in [6.45, 7) is 5.26. The van der Waals surface area contributed by atoms with E-state index in [9.17, 15) is 14.4 Å². The van der Waals surface area contributed by atoms with Crippen molar-refractivity contribution in [1.82, 2.24) is 5.32 Å². The lowest BCUT2D eigenvalue weighted by atomic mass is 10.1. The van der Waals surface area contributed by atoms with Crippen molar-refractivity contribution in [3.05, 3.63) is 28.8 Å². The van der Waals surface area contributed by atoms with Gasteiger partial charge in [0, 0.05) is 25.9 Å². The fraction of sp³-hybridized carbons (Fsp3) is 0.438. The van der Waals surface area contributed by atoms with Gasteiger partial charge in [-0.25, -0.2) is 4.79 Å². The number of nitrogens with zero attached hydrogens (tertiary/aromatic N) is 1. The molecular weight excluding hydrogens is 320 g/mol. The molecule has 0 aliphatic rings. The first-order chi connectivity index (χ1) is 10.8. The number of amides is 2. The summed E-state index contributed by atoms with van der Waals surface area (Å²) in [6, 6.07) is 4.55. The maximum absolute atomic E-state index is 11.9. The highest BCUT2D eigenvalue weighted by molar-refractivity contribution is 6.34. The average molecular weight is 341 g/mol. The number of anilines is 1. The lowest BCUT2D eigenvalue weighted by Crippen LogP contribution is -2.36. The molecule has 7 heteroatoms. The Morgan fingerprint density at radius 2 is 1.96 bits per heavy atom. The van der Waals surface area contributed by atoms with E-state index < -0.39 is 5.97 Å². The molecule has 0 saturated carbocycles. The zero-order valence-electron chi connectivity index (χ0n) is 13.7. The molecule has 0 radical (unpaired) electrons. The number of carbonyl (C=O) groups excluding carboxylic acids is 3. The van der Waals surface area contributed by atoms with Crippen LogP contribution in [0.2, 0.25) is 5.02 Å². The maximum atomic E-state index is 11.9. The van der Waals surface area contributed by atoms with E-state index in [1.165, 1.54) is 37.1 Å². The van der Waals surface area contributed by atoms with Gasteiger partial charge in [-0.2, -0.15) is 0 Å². The first-order valence-corrected chi connectivity index (χ1v) is 7.59. The summed E-state index contributed by atoms with van der Waals surface area (Å²) in [5, 5.41) is 3.07. The van der Waals surface area contributed by atoms with Crippen LogP contribution in [-0.4, -0.2) is 37.5 Å². The number of hydrogen-bond acceptors (Lipinski definition) is 4. The molecule has 0 spiro atoms. The van der Waals surface area contributed by atoms with Crippen molar-refractivity contribution in [3.63, 3.8) is 0 Å². The topological polar surface area (TPSA) is 75.7 Å². The van der Waals surface area contributed by atoms with Crippen LogP contribution in [0.3, 0.4) is 0 Å². The zero-order chi connectivity index (χ0) is 17.6. The lowest BCUT2D eigenvalue weighted by Gasteiger charge is -2.23. The summed E-state index contributed by atoms with van der Waals surface area (Å²) >= 11 is 6.14. The van der Waals surface area contributed by atoms with Crippen molar-refractivity contribution < 1.29 is 19.1 Å². The van der Waals surface area contributed by atoms with Crippen LogP contribution in [0.15, 0.2) is 18.2 Å². The predicted molar refractivity (Wildman–Crippen MR) is 88.7 cm³/mol. The van der Waals surface area contributed by atoms with E-state index in [1.807, 2.05) is 13.8 Å². The number of halogens is 1. The van der Waals surface area contributed by atoms with E-state index in [-0.39, 0.29) is 36.4 Å².